The van der Waals surface area contributed by atoms with Crippen LogP contribution in [0.25, 0.3) is 0 Å². The van der Waals surface area contributed by atoms with Crippen LogP contribution >= 0.6 is 0 Å². The Labute approximate surface area is 166 Å². The number of hydrogen-bond acceptors (Lipinski definition) is 4. The van der Waals surface area contributed by atoms with E-state index >= 15 is 0 Å². The minimum Gasteiger partial charge on any atom is -0.449 e. The Balaban J connectivity index is 1.39. The monoisotopic (exact) mass is 387 g/mol. The third-order valence-corrected chi connectivity index (χ3v) is 5.34. The molecule has 1 atom stereocenters. The molecule has 152 valence electrons. The van der Waals surface area contributed by atoms with Gasteiger partial charge in [-0.1, -0.05) is 30.3 Å². The van der Waals surface area contributed by atoms with Crippen molar-refractivity contribution in [3.8, 4) is 0 Å². The number of hydrogen-bond donors (Lipinski definition) is 1. The molecule has 0 aromatic heterocycles. The predicted octanol–water partition coefficient (Wildman–Crippen LogP) is 1.82. The smallest absolute Gasteiger partial charge is 0.409 e. The molecule has 2 aliphatic heterocycles. The lowest BCUT2D eigenvalue weighted by Gasteiger charge is -2.32. The van der Waals surface area contributed by atoms with Crippen molar-refractivity contribution in [2.75, 3.05) is 39.3 Å². The van der Waals surface area contributed by atoms with Gasteiger partial charge in [-0.05, 0) is 31.2 Å². The molecular formula is C21H29N3O4. The Morgan fingerprint density at radius 1 is 1.14 bits per heavy atom. The molecular weight excluding hydrogens is 358 g/mol. The Kier molecular flexibility index (Phi) is 7.28. The van der Waals surface area contributed by atoms with E-state index in [1.165, 1.54) is 5.56 Å². The number of nitrogens with one attached hydrogen (secondary N) is 1. The van der Waals surface area contributed by atoms with Crippen LogP contribution in [-0.2, 0) is 20.7 Å². The molecule has 2 fully saturated rings. The van der Waals surface area contributed by atoms with Crippen molar-refractivity contribution in [1.82, 2.24) is 15.1 Å². The van der Waals surface area contributed by atoms with E-state index in [2.05, 4.69) is 17.4 Å². The van der Waals surface area contributed by atoms with Crippen LogP contribution in [0.3, 0.4) is 0 Å². The Bertz CT molecular complexity index is 679. The van der Waals surface area contributed by atoms with Gasteiger partial charge in [0.2, 0.25) is 11.8 Å². The van der Waals surface area contributed by atoms with Gasteiger partial charge >= 0.3 is 6.09 Å². The number of carbonyl (C=O) groups excluding carboxylic acids is 3. The van der Waals surface area contributed by atoms with E-state index in [0.29, 0.717) is 52.2 Å². The summed E-state index contributed by atoms with van der Waals surface area (Å²) in [7, 11) is 0. The second-order valence-electron chi connectivity index (χ2n) is 7.41. The van der Waals surface area contributed by atoms with Gasteiger partial charge in [0.05, 0.1) is 12.5 Å². The molecule has 1 N–H and O–H groups in total. The molecule has 0 saturated carbocycles. The van der Waals surface area contributed by atoms with Gasteiger partial charge in [0.25, 0.3) is 0 Å². The summed E-state index contributed by atoms with van der Waals surface area (Å²) in [6.45, 7) is 3.16. The number of aryl methyl sites for hydroxylation is 1. The van der Waals surface area contributed by atoms with Crippen LogP contribution in [0.1, 0.15) is 31.2 Å². The molecule has 0 spiro atoms. The van der Waals surface area contributed by atoms with E-state index in [4.69, 9.17) is 4.74 Å². The van der Waals surface area contributed by atoms with E-state index in [1.54, 1.807) is 4.90 Å². The van der Waals surface area contributed by atoms with E-state index in [9.17, 15) is 14.4 Å². The molecule has 3 amide bonds. The van der Waals surface area contributed by atoms with Crippen LogP contribution in [0, 0.1) is 5.92 Å². The quantitative estimate of drug-likeness (QED) is 0.738. The maximum absolute atomic E-state index is 12.5. The molecule has 1 unspecified atom stereocenters. The first-order valence-electron chi connectivity index (χ1n) is 10.1. The van der Waals surface area contributed by atoms with E-state index in [-0.39, 0.29) is 23.8 Å². The molecule has 0 radical (unpaired) electrons. The van der Waals surface area contributed by atoms with Gasteiger partial charge in [0, 0.05) is 39.1 Å². The number of nitrogens with zero attached hydrogens (tertiary/aromatic N) is 2. The minimum absolute atomic E-state index is 0.0362. The largest absolute Gasteiger partial charge is 0.449 e. The number of benzene rings is 1. The molecule has 28 heavy (non-hydrogen) atoms. The lowest BCUT2D eigenvalue weighted by Crippen LogP contribution is -2.48. The van der Waals surface area contributed by atoms with Gasteiger partial charge in [-0.2, -0.15) is 0 Å². The first kappa shape index (κ1) is 20.2. The summed E-state index contributed by atoms with van der Waals surface area (Å²) >= 11 is 0. The molecule has 0 bridgehead atoms. The SMILES string of the molecule is O=C(NCCN1CCCOC1=O)C1CCC(=O)N(CCCc2ccccc2)C1. The van der Waals surface area contributed by atoms with Crippen LogP contribution in [0.15, 0.2) is 30.3 Å². The first-order valence-corrected chi connectivity index (χ1v) is 10.1. The summed E-state index contributed by atoms with van der Waals surface area (Å²) in [6, 6.07) is 10.2. The van der Waals surface area contributed by atoms with Gasteiger partial charge in [0.15, 0.2) is 0 Å². The number of piperidine rings is 1. The number of rotatable bonds is 8. The second-order valence-corrected chi connectivity index (χ2v) is 7.41. The molecule has 2 aliphatic rings. The normalized spacial score (nSPS) is 20.1. The van der Waals surface area contributed by atoms with Crippen molar-refractivity contribution in [3.63, 3.8) is 0 Å². The van der Waals surface area contributed by atoms with Crippen molar-refractivity contribution in [1.29, 1.82) is 0 Å². The lowest BCUT2D eigenvalue weighted by molar-refractivity contribution is -0.138. The molecule has 2 heterocycles. The van der Waals surface area contributed by atoms with Crippen LogP contribution in [0.4, 0.5) is 4.79 Å². The van der Waals surface area contributed by atoms with Crippen molar-refractivity contribution in [3.05, 3.63) is 35.9 Å². The maximum Gasteiger partial charge on any atom is 0.409 e. The Morgan fingerprint density at radius 3 is 2.75 bits per heavy atom. The molecule has 7 nitrogen and oxygen atoms in total. The van der Waals surface area contributed by atoms with Crippen LogP contribution in [-0.4, -0.2) is 67.0 Å². The zero-order valence-corrected chi connectivity index (χ0v) is 16.3. The number of likely N-dealkylation sites (tertiary alicyclic amines) is 1. The second kappa shape index (κ2) is 10.1. The molecule has 0 aliphatic carbocycles. The molecule has 3 rings (SSSR count). The molecule has 7 heteroatoms. The number of amides is 3. The summed E-state index contributed by atoms with van der Waals surface area (Å²) in [5, 5.41) is 2.91. The topological polar surface area (TPSA) is 79.0 Å². The zero-order valence-electron chi connectivity index (χ0n) is 16.3. The van der Waals surface area contributed by atoms with Gasteiger partial charge in [0.1, 0.15) is 0 Å². The summed E-state index contributed by atoms with van der Waals surface area (Å²) in [5.74, 6) is -0.0816. The van der Waals surface area contributed by atoms with E-state index in [1.807, 2.05) is 23.1 Å². The van der Waals surface area contributed by atoms with Crippen molar-refractivity contribution in [2.24, 2.45) is 5.92 Å². The fraction of sp³-hybridized carbons (Fsp3) is 0.571. The van der Waals surface area contributed by atoms with Crippen molar-refractivity contribution < 1.29 is 19.1 Å². The van der Waals surface area contributed by atoms with Gasteiger partial charge in [-0.25, -0.2) is 4.79 Å². The number of carbonyl (C=O) groups is 3. The van der Waals surface area contributed by atoms with Gasteiger partial charge < -0.3 is 19.9 Å². The standard InChI is InChI=1S/C21H29N3O4/c25-19-10-9-18(16-24(19)12-4-8-17-6-2-1-3-7-17)20(26)22-11-14-23-13-5-15-28-21(23)27/h1-3,6-7,18H,4-5,8-16H2,(H,22,26). The highest BCUT2D eigenvalue weighted by molar-refractivity contribution is 5.83. The highest BCUT2D eigenvalue weighted by Gasteiger charge is 2.30. The highest BCUT2D eigenvalue weighted by atomic mass is 16.6. The van der Waals surface area contributed by atoms with Crippen LogP contribution < -0.4 is 5.32 Å². The first-order chi connectivity index (χ1) is 13.6. The average molecular weight is 387 g/mol. The zero-order chi connectivity index (χ0) is 19.8. The third-order valence-electron chi connectivity index (χ3n) is 5.34. The summed E-state index contributed by atoms with van der Waals surface area (Å²) in [5.41, 5.74) is 1.26. The van der Waals surface area contributed by atoms with Gasteiger partial charge in [-0.3, -0.25) is 9.59 Å². The summed E-state index contributed by atoms with van der Waals surface area (Å²) in [4.78, 5) is 39.7. The fourth-order valence-corrected chi connectivity index (χ4v) is 3.72. The summed E-state index contributed by atoms with van der Waals surface area (Å²) < 4.78 is 4.99. The van der Waals surface area contributed by atoms with Gasteiger partial charge in [-0.15, -0.1) is 0 Å². The number of cyclic esters (lactones) is 1. The Morgan fingerprint density at radius 2 is 1.96 bits per heavy atom. The maximum atomic E-state index is 12.5. The van der Waals surface area contributed by atoms with Crippen LogP contribution in [0.5, 0.6) is 0 Å². The van der Waals surface area contributed by atoms with Crippen LogP contribution in [0.2, 0.25) is 0 Å². The average Bonchev–Trinajstić information content (AvgIpc) is 2.71. The lowest BCUT2D eigenvalue weighted by atomic mass is 9.96. The Hall–Kier alpha value is -2.57. The van der Waals surface area contributed by atoms with E-state index < -0.39 is 0 Å². The molecule has 1 aromatic carbocycles. The summed E-state index contributed by atoms with van der Waals surface area (Å²) in [6.07, 6.45) is 3.33. The van der Waals surface area contributed by atoms with Crippen molar-refractivity contribution >= 4 is 17.9 Å². The highest BCUT2D eigenvalue weighted by Crippen LogP contribution is 2.18. The minimum atomic E-state index is -0.312. The molecule has 1 aromatic rings. The van der Waals surface area contributed by atoms with E-state index in [0.717, 1.165) is 19.3 Å². The molecule has 2 saturated heterocycles. The predicted molar refractivity (Wildman–Crippen MR) is 105 cm³/mol. The number of ether oxygens (including phenoxy) is 1. The fourth-order valence-electron chi connectivity index (χ4n) is 3.72. The third kappa shape index (κ3) is 5.71. The van der Waals surface area contributed by atoms with Crippen molar-refractivity contribution in [2.45, 2.75) is 32.1 Å².